The molecule has 4 aliphatic carbocycles. The van der Waals surface area contributed by atoms with E-state index >= 15 is 0 Å². The number of alkyl halides is 3. The largest absolute Gasteiger partial charge is 0.416 e. The van der Waals surface area contributed by atoms with Gasteiger partial charge in [-0.3, -0.25) is 4.99 Å². The minimum atomic E-state index is -4.29. The molecular formula is C18H20F3N. The summed E-state index contributed by atoms with van der Waals surface area (Å²) in [5.41, 5.74) is -0.0178. The van der Waals surface area contributed by atoms with Gasteiger partial charge in [-0.1, -0.05) is 12.1 Å². The van der Waals surface area contributed by atoms with Gasteiger partial charge in [-0.05, 0) is 74.0 Å². The van der Waals surface area contributed by atoms with Crippen LogP contribution in [-0.2, 0) is 6.18 Å². The summed E-state index contributed by atoms with van der Waals surface area (Å²) in [4.78, 5) is 4.82. The zero-order valence-electron chi connectivity index (χ0n) is 12.4. The molecular weight excluding hydrogens is 287 g/mol. The van der Waals surface area contributed by atoms with Crippen LogP contribution < -0.4 is 0 Å². The third-order valence-electron chi connectivity index (χ3n) is 5.71. The van der Waals surface area contributed by atoms with E-state index in [1.54, 1.807) is 12.3 Å². The Kier molecular flexibility index (Phi) is 3.14. The predicted molar refractivity (Wildman–Crippen MR) is 79.9 cm³/mol. The van der Waals surface area contributed by atoms with Crippen molar-refractivity contribution in [2.45, 2.75) is 50.2 Å². The highest BCUT2D eigenvalue weighted by Crippen LogP contribution is 2.57. The topological polar surface area (TPSA) is 12.4 Å². The van der Waals surface area contributed by atoms with Crippen molar-refractivity contribution in [2.75, 3.05) is 0 Å². The maximum Gasteiger partial charge on any atom is 0.416 e. The fourth-order valence-corrected chi connectivity index (χ4v) is 5.23. The van der Waals surface area contributed by atoms with E-state index in [1.807, 2.05) is 0 Å². The monoisotopic (exact) mass is 307 g/mol. The Labute approximate surface area is 128 Å². The number of hydrogen-bond acceptors (Lipinski definition) is 1. The highest BCUT2D eigenvalue weighted by Gasteiger charge is 2.50. The first-order valence-corrected chi connectivity index (χ1v) is 8.14. The van der Waals surface area contributed by atoms with Gasteiger partial charge in [-0.2, -0.15) is 13.2 Å². The minimum absolute atomic E-state index is 0.0169. The lowest BCUT2D eigenvalue weighted by Gasteiger charge is -2.55. The molecule has 0 heterocycles. The summed E-state index contributed by atoms with van der Waals surface area (Å²) in [6.07, 6.45) is 4.83. The van der Waals surface area contributed by atoms with Crippen molar-refractivity contribution in [3.05, 3.63) is 35.4 Å². The second kappa shape index (κ2) is 4.84. The molecule has 22 heavy (non-hydrogen) atoms. The summed E-state index contributed by atoms with van der Waals surface area (Å²) in [6, 6.07) is 5.48. The molecule has 0 unspecified atom stereocenters. The molecule has 0 N–H and O–H groups in total. The van der Waals surface area contributed by atoms with E-state index in [1.165, 1.54) is 31.4 Å². The van der Waals surface area contributed by atoms with Crippen molar-refractivity contribution in [3.63, 3.8) is 0 Å². The van der Waals surface area contributed by atoms with Gasteiger partial charge in [0.15, 0.2) is 0 Å². The Balaban J connectivity index is 1.57. The lowest BCUT2D eigenvalue weighted by atomic mass is 9.53. The molecule has 4 bridgehead atoms. The molecule has 0 aliphatic heterocycles. The number of halogens is 3. The molecule has 1 aromatic carbocycles. The second-order valence-electron chi connectivity index (χ2n) is 7.52. The smallest absolute Gasteiger partial charge is 0.286 e. The van der Waals surface area contributed by atoms with Crippen LogP contribution in [0.5, 0.6) is 0 Å². The van der Waals surface area contributed by atoms with Crippen molar-refractivity contribution in [1.82, 2.24) is 0 Å². The summed E-state index contributed by atoms with van der Waals surface area (Å²) in [5.74, 6) is 2.39. The Morgan fingerprint density at radius 3 is 2.14 bits per heavy atom. The molecule has 118 valence electrons. The van der Waals surface area contributed by atoms with Gasteiger partial charge in [0.05, 0.1) is 11.1 Å². The normalized spacial score (nSPS) is 37.1. The standard InChI is InChI=1S/C18H20F3N/c19-18(20,21)16-3-1-2-12(7-16)11-22-17-8-13-4-14(9-17)6-15(5-13)10-17/h1-3,7,11,13-15H,4-6,8-10H2. The van der Waals surface area contributed by atoms with E-state index in [-0.39, 0.29) is 5.54 Å². The van der Waals surface area contributed by atoms with E-state index in [0.717, 1.165) is 43.1 Å². The van der Waals surface area contributed by atoms with Gasteiger partial charge in [0.25, 0.3) is 0 Å². The summed E-state index contributed by atoms with van der Waals surface area (Å²) in [7, 11) is 0. The SMILES string of the molecule is FC(F)(F)c1cccc(C=NC23CC4CC(CC(C4)C2)C3)c1. The molecule has 4 heteroatoms. The van der Waals surface area contributed by atoms with Crippen LogP contribution in [-0.4, -0.2) is 11.8 Å². The molecule has 4 saturated carbocycles. The summed E-state index contributed by atoms with van der Waals surface area (Å²) >= 11 is 0. The van der Waals surface area contributed by atoms with Crippen LogP contribution >= 0.6 is 0 Å². The molecule has 4 aliphatic rings. The Hall–Kier alpha value is -1.32. The maximum atomic E-state index is 12.8. The molecule has 1 nitrogen and oxygen atoms in total. The van der Waals surface area contributed by atoms with Crippen molar-refractivity contribution in [1.29, 1.82) is 0 Å². The van der Waals surface area contributed by atoms with Crippen LogP contribution in [0.1, 0.15) is 49.7 Å². The number of rotatable bonds is 2. The molecule has 0 radical (unpaired) electrons. The van der Waals surface area contributed by atoms with Crippen LogP contribution in [0.4, 0.5) is 13.2 Å². The van der Waals surface area contributed by atoms with Crippen molar-refractivity contribution < 1.29 is 13.2 Å². The molecule has 1 aromatic rings. The van der Waals surface area contributed by atoms with Gasteiger partial charge in [0.2, 0.25) is 0 Å². The summed E-state index contributed by atoms with van der Waals surface area (Å²) in [5, 5.41) is 0. The van der Waals surface area contributed by atoms with Gasteiger partial charge < -0.3 is 0 Å². The van der Waals surface area contributed by atoms with Crippen molar-refractivity contribution >= 4 is 6.21 Å². The average molecular weight is 307 g/mol. The fraction of sp³-hybridized carbons (Fsp3) is 0.611. The molecule has 5 rings (SSSR count). The Morgan fingerprint density at radius 2 is 1.59 bits per heavy atom. The summed E-state index contributed by atoms with van der Waals surface area (Å²) in [6.45, 7) is 0. The maximum absolute atomic E-state index is 12.8. The predicted octanol–water partition coefficient (Wildman–Crippen LogP) is 5.09. The van der Waals surface area contributed by atoms with Crippen LogP contribution in [0, 0.1) is 17.8 Å². The van der Waals surface area contributed by atoms with Crippen molar-refractivity contribution in [2.24, 2.45) is 22.7 Å². The number of nitrogens with zero attached hydrogens (tertiary/aromatic N) is 1. The lowest BCUT2D eigenvalue weighted by Crippen LogP contribution is -2.49. The van der Waals surface area contributed by atoms with Gasteiger partial charge >= 0.3 is 6.18 Å². The molecule has 0 atom stereocenters. The van der Waals surface area contributed by atoms with Crippen LogP contribution in [0.2, 0.25) is 0 Å². The minimum Gasteiger partial charge on any atom is -0.286 e. The van der Waals surface area contributed by atoms with Gasteiger partial charge in [0, 0.05) is 6.21 Å². The Morgan fingerprint density at radius 1 is 1.00 bits per heavy atom. The number of benzene rings is 1. The van der Waals surface area contributed by atoms with Crippen LogP contribution in [0.25, 0.3) is 0 Å². The molecule has 4 fully saturated rings. The first kappa shape index (κ1) is 14.3. The summed E-state index contributed by atoms with van der Waals surface area (Å²) < 4.78 is 38.3. The first-order chi connectivity index (χ1) is 10.4. The van der Waals surface area contributed by atoms with Gasteiger partial charge in [-0.25, -0.2) is 0 Å². The van der Waals surface area contributed by atoms with E-state index < -0.39 is 11.7 Å². The van der Waals surface area contributed by atoms with E-state index in [2.05, 4.69) is 0 Å². The van der Waals surface area contributed by atoms with Crippen LogP contribution in [0.3, 0.4) is 0 Å². The molecule has 0 saturated heterocycles. The highest BCUT2D eigenvalue weighted by molar-refractivity contribution is 5.80. The second-order valence-corrected chi connectivity index (χ2v) is 7.52. The zero-order chi connectivity index (χ0) is 15.4. The zero-order valence-corrected chi connectivity index (χ0v) is 12.4. The molecule has 0 amide bonds. The average Bonchev–Trinajstić information content (AvgIpc) is 2.43. The third-order valence-corrected chi connectivity index (χ3v) is 5.71. The van der Waals surface area contributed by atoms with Gasteiger partial charge in [-0.15, -0.1) is 0 Å². The first-order valence-electron chi connectivity index (χ1n) is 8.14. The number of hydrogen-bond donors (Lipinski definition) is 0. The van der Waals surface area contributed by atoms with Gasteiger partial charge in [0.1, 0.15) is 0 Å². The van der Waals surface area contributed by atoms with E-state index in [4.69, 9.17) is 4.99 Å². The van der Waals surface area contributed by atoms with E-state index in [0.29, 0.717) is 5.56 Å². The molecule has 0 spiro atoms. The van der Waals surface area contributed by atoms with E-state index in [9.17, 15) is 13.2 Å². The lowest BCUT2D eigenvalue weighted by molar-refractivity contribution is -0.137. The van der Waals surface area contributed by atoms with Crippen LogP contribution in [0.15, 0.2) is 29.3 Å². The van der Waals surface area contributed by atoms with Crippen molar-refractivity contribution in [3.8, 4) is 0 Å². The Bertz CT molecular complexity index is 567. The quantitative estimate of drug-likeness (QED) is 0.675. The molecule has 0 aromatic heterocycles. The fourth-order valence-electron chi connectivity index (χ4n) is 5.23. The third kappa shape index (κ3) is 2.57. The number of aliphatic imine (C=N–C) groups is 1. The highest BCUT2D eigenvalue weighted by atomic mass is 19.4.